The highest BCUT2D eigenvalue weighted by atomic mass is 15.3. The fraction of sp³-hybridized carbons (Fsp3) is 0.706. The van der Waals surface area contributed by atoms with Crippen LogP contribution in [0.1, 0.15) is 45.4 Å². The number of hydrogen-bond donors (Lipinski definition) is 5. The number of nitrogens with one attached hydrogen (secondary N) is 1. The van der Waals surface area contributed by atoms with Gasteiger partial charge in [-0.2, -0.15) is 4.98 Å². The molecule has 0 bridgehead atoms. The largest absolute Gasteiger partial charge is 0.370 e. The lowest BCUT2D eigenvalue weighted by Crippen LogP contribution is -2.30. The van der Waals surface area contributed by atoms with Crippen molar-refractivity contribution in [3.63, 3.8) is 0 Å². The van der Waals surface area contributed by atoms with Crippen molar-refractivity contribution in [1.29, 1.82) is 0 Å². The van der Waals surface area contributed by atoms with Crippen LogP contribution in [-0.4, -0.2) is 59.6 Å². The van der Waals surface area contributed by atoms with Crippen LogP contribution in [0.5, 0.6) is 0 Å². The molecule has 11 heteroatoms. The SMILES string of the molecule is CCCCCCNc1ncnc(N(CCCN=C(N)N)CCCN=C(N)N)n1. The Bertz CT molecular complexity index is 571. The average molecular weight is 394 g/mol. The van der Waals surface area contributed by atoms with Crippen molar-refractivity contribution >= 4 is 23.8 Å². The van der Waals surface area contributed by atoms with E-state index in [1.807, 2.05) is 0 Å². The average Bonchev–Trinajstić information content (AvgIpc) is 2.66. The molecule has 9 N–H and O–H groups in total. The third-order valence-corrected chi connectivity index (χ3v) is 3.92. The number of nitrogens with two attached hydrogens (primary N) is 4. The molecule has 1 heterocycles. The molecule has 11 nitrogen and oxygen atoms in total. The normalized spacial score (nSPS) is 10.3. The van der Waals surface area contributed by atoms with Crippen molar-refractivity contribution in [2.45, 2.75) is 45.4 Å². The van der Waals surface area contributed by atoms with E-state index in [0.29, 0.717) is 38.1 Å². The van der Waals surface area contributed by atoms with Crippen LogP contribution < -0.4 is 33.2 Å². The van der Waals surface area contributed by atoms with Crippen molar-refractivity contribution < 1.29 is 0 Å². The van der Waals surface area contributed by atoms with Gasteiger partial charge in [-0.25, -0.2) is 9.97 Å². The molecule has 0 aliphatic heterocycles. The van der Waals surface area contributed by atoms with Gasteiger partial charge in [-0.1, -0.05) is 26.2 Å². The maximum atomic E-state index is 5.38. The lowest BCUT2D eigenvalue weighted by Gasteiger charge is -2.22. The number of rotatable bonds is 15. The Balaban J connectivity index is 2.65. The maximum Gasteiger partial charge on any atom is 0.230 e. The molecule has 158 valence electrons. The first-order valence-electron chi connectivity index (χ1n) is 9.81. The van der Waals surface area contributed by atoms with Crippen LogP contribution in [0.15, 0.2) is 16.3 Å². The molecular formula is C17H35N11. The third kappa shape index (κ3) is 11.0. The van der Waals surface area contributed by atoms with E-state index in [-0.39, 0.29) is 11.9 Å². The first kappa shape index (κ1) is 23.2. The van der Waals surface area contributed by atoms with Gasteiger partial charge in [0, 0.05) is 32.7 Å². The number of nitrogens with zero attached hydrogens (tertiary/aromatic N) is 6. The van der Waals surface area contributed by atoms with Gasteiger partial charge in [0.2, 0.25) is 11.9 Å². The van der Waals surface area contributed by atoms with E-state index in [4.69, 9.17) is 22.9 Å². The molecule has 0 aliphatic carbocycles. The molecule has 0 amide bonds. The summed E-state index contributed by atoms with van der Waals surface area (Å²) in [5, 5.41) is 3.26. The Hall–Kier alpha value is -2.85. The van der Waals surface area contributed by atoms with Crippen molar-refractivity contribution in [2.24, 2.45) is 32.9 Å². The molecule has 0 spiro atoms. The summed E-state index contributed by atoms with van der Waals surface area (Å²) in [5.41, 5.74) is 21.5. The molecule has 0 atom stereocenters. The molecular weight excluding hydrogens is 358 g/mol. The Morgan fingerprint density at radius 1 is 0.929 bits per heavy atom. The van der Waals surface area contributed by atoms with Crippen LogP contribution in [0.25, 0.3) is 0 Å². The van der Waals surface area contributed by atoms with Crippen molar-refractivity contribution in [1.82, 2.24) is 15.0 Å². The summed E-state index contributed by atoms with van der Waals surface area (Å²) in [6.45, 7) is 5.54. The van der Waals surface area contributed by atoms with Crippen LogP contribution in [0.3, 0.4) is 0 Å². The predicted octanol–water partition coefficient (Wildman–Crippen LogP) is -0.00280. The smallest absolute Gasteiger partial charge is 0.230 e. The number of anilines is 2. The molecule has 1 aromatic rings. The quantitative estimate of drug-likeness (QED) is 0.155. The van der Waals surface area contributed by atoms with Gasteiger partial charge in [0.1, 0.15) is 6.33 Å². The standard InChI is InChI=1S/C17H35N11/c1-2-3-4-5-8-24-16-25-13-26-17(27-16)28(11-6-9-22-14(18)19)12-7-10-23-15(20)21/h13H,2-12H2,1H3,(H4,18,19,22)(H4,20,21,23)(H,24,25,26,27). The zero-order valence-electron chi connectivity index (χ0n) is 16.8. The van der Waals surface area contributed by atoms with E-state index in [0.717, 1.165) is 25.8 Å². The van der Waals surface area contributed by atoms with Gasteiger partial charge in [0.05, 0.1) is 0 Å². The zero-order valence-corrected chi connectivity index (χ0v) is 16.8. The van der Waals surface area contributed by atoms with Crippen LogP contribution in [0, 0.1) is 0 Å². The highest BCUT2D eigenvalue weighted by molar-refractivity contribution is 5.75. The maximum absolute atomic E-state index is 5.38. The van der Waals surface area contributed by atoms with Crippen molar-refractivity contribution in [3.8, 4) is 0 Å². The van der Waals surface area contributed by atoms with Gasteiger partial charge in [-0.15, -0.1) is 0 Å². The van der Waals surface area contributed by atoms with Crippen molar-refractivity contribution in [2.75, 3.05) is 42.9 Å². The van der Waals surface area contributed by atoms with Crippen molar-refractivity contribution in [3.05, 3.63) is 6.33 Å². The second kappa shape index (κ2) is 14.2. The minimum Gasteiger partial charge on any atom is -0.370 e. The number of aromatic nitrogens is 3. The number of guanidine groups is 2. The third-order valence-electron chi connectivity index (χ3n) is 3.92. The lowest BCUT2D eigenvalue weighted by atomic mass is 10.2. The zero-order chi connectivity index (χ0) is 20.6. The van der Waals surface area contributed by atoms with Crippen LogP contribution in [-0.2, 0) is 0 Å². The van der Waals surface area contributed by atoms with E-state index in [2.05, 4.69) is 42.1 Å². The van der Waals surface area contributed by atoms with Gasteiger partial charge < -0.3 is 33.2 Å². The number of aliphatic imine (C=N–C) groups is 2. The summed E-state index contributed by atoms with van der Waals surface area (Å²) in [6.07, 6.45) is 7.81. The molecule has 0 aromatic carbocycles. The minimum atomic E-state index is 0.0917. The monoisotopic (exact) mass is 393 g/mol. The summed E-state index contributed by atoms with van der Waals surface area (Å²) in [5.74, 6) is 1.38. The fourth-order valence-electron chi connectivity index (χ4n) is 2.53. The molecule has 1 rings (SSSR count). The van der Waals surface area contributed by atoms with E-state index in [9.17, 15) is 0 Å². The van der Waals surface area contributed by atoms with Gasteiger partial charge in [-0.3, -0.25) is 9.98 Å². The summed E-state index contributed by atoms with van der Waals surface area (Å²) < 4.78 is 0. The lowest BCUT2D eigenvalue weighted by molar-refractivity contribution is 0.676. The van der Waals surface area contributed by atoms with E-state index in [1.54, 1.807) is 0 Å². The molecule has 0 aliphatic rings. The molecule has 0 saturated heterocycles. The fourth-order valence-corrected chi connectivity index (χ4v) is 2.53. The predicted molar refractivity (Wildman–Crippen MR) is 115 cm³/mol. The highest BCUT2D eigenvalue weighted by Gasteiger charge is 2.10. The summed E-state index contributed by atoms with van der Waals surface area (Å²) in [7, 11) is 0. The molecule has 28 heavy (non-hydrogen) atoms. The van der Waals surface area contributed by atoms with E-state index >= 15 is 0 Å². The van der Waals surface area contributed by atoms with Crippen LogP contribution in [0.2, 0.25) is 0 Å². The second-order valence-electron chi connectivity index (χ2n) is 6.40. The first-order valence-corrected chi connectivity index (χ1v) is 9.81. The highest BCUT2D eigenvalue weighted by Crippen LogP contribution is 2.11. The van der Waals surface area contributed by atoms with Gasteiger partial charge in [0.15, 0.2) is 11.9 Å². The topological polar surface area (TPSA) is 183 Å². The van der Waals surface area contributed by atoms with Gasteiger partial charge >= 0.3 is 0 Å². The van der Waals surface area contributed by atoms with Gasteiger partial charge in [0.25, 0.3) is 0 Å². The molecule has 0 radical (unpaired) electrons. The number of hydrogen-bond acceptors (Lipinski definition) is 7. The van der Waals surface area contributed by atoms with Crippen LogP contribution in [0.4, 0.5) is 11.9 Å². The Morgan fingerprint density at radius 3 is 2.14 bits per heavy atom. The molecule has 1 aromatic heterocycles. The summed E-state index contributed by atoms with van der Waals surface area (Å²) in [6, 6.07) is 0. The molecule has 0 unspecified atom stereocenters. The molecule has 0 saturated carbocycles. The Morgan fingerprint density at radius 2 is 1.57 bits per heavy atom. The molecule has 0 fully saturated rings. The van der Waals surface area contributed by atoms with Crippen LogP contribution >= 0.6 is 0 Å². The van der Waals surface area contributed by atoms with E-state index < -0.39 is 0 Å². The number of unbranched alkanes of at least 4 members (excludes halogenated alkanes) is 3. The van der Waals surface area contributed by atoms with E-state index in [1.165, 1.54) is 25.6 Å². The Labute approximate surface area is 167 Å². The summed E-state index contributed by atoms with van der Waals surface area (Å²) >= 11 is 0. The summed E-state index contributed by atoms with van der Waals surface area (Å²) in [4.78, 5) is 23.2. The Kier molecular flexibility index (Phi) is 11.8. The first-order chi connectivity index (χ1) is 13.5. The minimum absolute atomic E-state index is 0.0917. The van der Waals surface area contributed by atoms with Gasteiger partial charge in [-0.05, 0) is 19.3 Å². The second-order valence-corrected chi connectivity index (χ2v) is 6.40.